The van der Waals surface area contributed by atoms with Gasteiger partial charge < -0.3 is 10.6 Å². The van der Waals surface area contributed by atoms with Crippen LogP contribution in [0.5, 0.6) is 0 Å². The lowest BCUT2D eigenvalue weighted by atomic mass is 10.1. The Hall–Kier alpha value is -0.0800. The summed E-state index contributed by atoms with van der Waals surface area (Å²) < 4.78 is 0. The maximum atomic E-state index is 6.09. The van der Waals surface area contributed by atoms with Gasteiger partial charge in [0.15, 0.2) is 0 Å². The minimum Gasteiger partial charge on any atom is -0.327 e. The molecule has 0 aromatic rings. The fourth-order valence-corrected chi connectivity index (χ4v) is 2.06. The van der Waals surface area contributed by atoms with Gasteiger partial charge in [0.2, 0.25) is 0 Å². The van der Waals surface area contributed by atoms with Gasteiger partial charge in [-0.05, 0) is 57.7 Å². The van der Waals surface area contributed by atoms with Crippen LogP contribution in [0.15, 0.2) is 0 Å². The molecule has 0 radical (unpaired) electrons. The largest absolute Gasteiger partial charge is 0.327 e. The number of rotatable bonds is 8. The Morgan fingerprint density at radius 2 is 1.71 bits per heavy atom. The molecule has 14 heavy (non-hydrogen) atoms. The molecule has 1 rings (SSSR count). The van der Waals surface area contributed by atoms with Gasteiger partial charge in [-0.25, -0.2) is 0 Å². The predicted octanol–water partition coefficient (Wildman–Crippen LogP) is 2.24. The Labute approximate surface area is 88.8 Å². The van der Waals surface area contributed by atoms with Crippen LogP contribution in [0.3, 0.4) is 0 Å². The van der Waals surface area contributed by atoms with Gasteiger partial charge in [0.05, 0.1) is 0 Å². The van der Waals surface area contributed by atoms with Crippen LogP contribution >= 0.6 is 0 Å². The van der Waals surface area contributed by atoms with Crippen LogP contribution in [0, 0.1) is 5.92 Å². The summed E-state index contributed by atoms with van der Waals surface area (Å²) in [4.78, 5) is 2.56. The highest BCUT2D eigenvalue weighted by Crippen LogP contribution is 2.32. The fraction of sp³-hybridized carbons (Fsp3) is 1.00. The van der Waals surface area contributed by atoms with Gasteiger partial charge in [0.1, 0.15) is 0 Å². The normalized spacial score (nSPS) is 18.9. The first-order valence-corrected chi connectivity index (χ1v) is 6.25. The first-order valence-electron chi connectivity index (χ1n) is 6.25. The highest BCUT2D eigenvalue weighted by molar-refractivity contribution is 4.84. The molecule has 1 saturated carbocycles. The highest BCUT2D eigenvalue weighted by Gasteiger charge is 2.28. The van der Waals surface area contributed by atoms with Crippen LogP contribution in [-0.4, -0.2) is 30.6 Å². The lowest BCUT2D eigenvalue weighted by Crippen LogP contribution is -2.32. The van der Waals surface area contributed by atoms with Crippen molar-refractivity contribution in [3.05, 3.63) is 0 Å². The summed E-state index contributed by atoms with van der Waals surface area (Å²) >= 11 is 0. The maximum Gasteiger partial charge on any atom is 0.00793 e. The second kappa shape index (κ2) is 6.41. The maximum absolute atomic E-state index is 6.09. The molecule has 1 fully saturated rings. The summed E-state index contributed by atoms with van der Waals surface area (Å²) in [7, 11) is 0. The van der Waals surface area contributed by atoms with Gasteiger partial charge in [-0.2, -0.15) is 0 Å². The summed E-state index contributed by atoms with van der Waals surface area (Å²) in [6, 6.07) is 0.478. The zero-order valence-corrected chi connectivity index (χ0v) is 9.84. The molecule has 0 saturated heterocycles. The summed E-state index contributed by atoms with van der Waals surface area (Å²) in [6.07, 6.45) is 6.48. The third-order valence-electron chi connectivity index (χ3n) is 3.09. The monoisotopic (exact) mass is 198 g/mol. The Kier molecular flexibility index (Phi) is 5.49. The van der Waals surface area contributed by atoms with Crippen LogP contribution in [-0.2, 0) is 0 Å². The fourth-order valence-electron chi connectivity index (χ4n) is 2.06. The topological polar surface area (TPSA) is 29.3 Å². The number of nitrogens with zero attached hydrogens (tertiary/aromatic N) is 1. The van der Waals surface area contributed by atoms with Crippen LogP contribution in [0.1, 0.15) is 46.0 Å². The quantitative estimate of drug-likeness (QED) is 0.648. The number of hydrogen-bond acceptors (Lipinski definition) is 2. The number of nitrogens with two attached hydrogens (primary N) is 1. The molecule has 0 aromatic heterocycles. The standard InChI is InChI=1S/C12H26N2/c1-3-8-14(9-4-2)10-7-12(13)11-5-6-11/h11-12H,3-10,13H2,1-2H3. The van der Waals surface area contributed by atoms with Gasteiger partial charge in [0.25, 0.3) is 0 Å². The van der Waals surface area contributed by atoms with Gasteiger partial charge in [-0.1, -0.05) is 13.8 Å². The average molecular weight is 198 g/mol. The molecule has 1 aliphatic rings. The molecular weight excluding hydrogens is 172 g/mol. The van der Waals surface area contributed by atoms with E-state index in [1.54, 1.807) is 0 Å². The van der Waals surface area contributed by atoms with E-state index in [2.05, 4.69) is 18.7 Å². The molecule has 1 unspecified atom stereocenters. The summed E-state index contributed by atoms with van der Waals surface area (Å²) in [5, 5.41) is 0. The van der Waals surface area contributed by atoms with Crippen molar-refractivity contribution >= 4 is 0 Å². The van der Waals surface area contributed by atoms with E-state index in [4.69, 9.17) is 5.73 Å². The SMILES string of the molecule is CCCN(CCC)CCC(N)C1CC1. The van der Waals surface area contributed by atoms with Gasteiger partial charge in [0, 0.05) is 6.04 Å². The van der Waals surface area contributed by atoms with Crippen LogP contribution in [0.4, 0.5) is 0 Å². The van der Waals surface area contributed by atoms with Crippen molar-refractivity contribution in [3.63, 3.8) is 0 Å². The molecule has 0 amide bonds. The van der Waals surface area contributed by atoms with Crippen molar-refractivity contribution in [2.75, 3.05) is 19.6 Å². The van der Waals surface area contributed by atoms with E-state index in [0.717, 1.165) is 5.92 Å². The Balaban J connectivity index is 2.10. The zero-order valence-electron chi connectivity index (χ0n) is 9.84. The lowest BCUT2D eigenvalue weighted by Gasteiger charge is -2.22. The molecule has 1 atom stereocenters. The summed E-state index contributed by atoms with van der Waals surface area (Å²) in [6.45, 7) is 8.20. The molecule has 2 nitrogen and oxygen atoms in total. The van der Waals surface area contributed by atoms with Crippen molar-refractivity contribution in [2.45, 2.75) is 52.0 Å². The lowest BCUT2D eigenvalue weighted by molar-refractivity contribution is 0.260. The van der Waals surface area contributed by atoms with Gasteiger partial charge >= 0.3 is 0 Å². The van der Waals surface area contributed by atoms with Crippen molar-refractivity contribution in [3.8, 4) is 0 Å². The molecule has 2 heteroatoms. The van der Waals surface area contributed by atoms with E-state index >= 15 is 0 Å². The number of hydrogen-bond donors (Lipinski definition) is 1. The van der Waals surface area contributed by atoms with E-state index in [1.165, 1.54) is 51.7 Å². The minimum atomic E-state index is 0.478. The second-order valence-electron chi connectivity index (χ2n) is 4.63. The molecule has 0 spiro atoms. The third kappa shape index (κ3) is 4.43. The van der Waals surface area contributed by atoms with Crippen molar-refractivity contribution in [2.24, 2.45) is 11.7 Å². The Morgan fingerprint density at radius 3 is 2.14 bits per heavy atom. The van der Waals surface area contributed by atoms with E-state index in [-0.39, 0.29) is 0 Å². The molecule has 84 valence electrons. The molecule has 2 N–H and O–H groups in total. The molecule has 0 aromatic carbocycles. The predicted molar refractivity (Wildman–Crippen MR) is 62.3 cm³/mol. The van der Waals surface area contributed by atoms with Gasteiger partial charge in [-0.3, -0.25) is 0 Å². The average Bonchev–Trinajstić information content (AvgIpc) is 2.97. The highest BCUT2D eigenvalue weighted by atomic mass is 15.1. The molecular formula is C12H26N2. The van der Waals surface area contributed by atoms with E-state index in [1.807, 2.05) is 0 Å². The van der Waals surface area contributed by atoms with Crippen molar-refractivity contribution in [1.82, 2.24) is 4.90 Å². The van der Waals surface area contributed by atoms with E-state index in [9.17, 15) is 0 Å². The summed E-state index contributed by atoms with van der Waals surface area (Å²) in [5.74, 6) is 0.861. The molecule has 0 heterocycles. The third-order valence-corrected chi connectivity index (χ3v) is 3.09. The van der Waals surface area contributed by atoms with Crippen LogP contribution < -0.4 is 5.73 Å². The Morgan fingerprint density at radius 1 is 1.14 bits per heavy atom. The van der Waals surface area contributed by atoms with E-state index < -0.39 is 0 Å². The second-order valence-corrected chi connectivity index (χ2v) is 4.63. The van der Waals surface area contributed by atoms with Crippen molar-refractivity contribution < 1.29 is 0 Å². The Bertz CT molecular complexity index is 137. The van der Waals surface area contributed by atoms with Gasteiger partial charge in [-0.15, -0.1) is 0 Å². The first-order chi connectivity index (χ1) is 6.77. The summed E-state index contributed by atoms with van der Waals surface area (Å²) in [5.41, 5.74) is 6.09. The molecule has 0 bridgehead atoms. The van der Waals surface area contributed by atoms with Crippen LogP contribution in [0.2, 0.25) is 0 Å². The van der Waals surface area contributed by atoms with E-state index in [0.29, 0.717) is 6.04 Å². The molecule has 0 aliphatic heterocycles. The minimum absolute atomic E-state index is 0.478. The van der Waals surface area contributed by atoms with Crippen LogP contribution in [0.25, 0.3) is 0 Å². The first kappa shape index (κ1) is 12.0. The zero-order chi connectivity index (χ0) is 10.4. The smallest absolute Gasteiger partial charge is 0.00793 e. The van der Waals surface area contributed by atoms with Crippen molar-refractivity contribution in [1.29, 1.82) is 0 Å². The molecule has 1 aliphatic carbocycles.